The van der Waals surface area contributed by atoms with Crippen LogP contribution in [0.15, 0.2) is 77.8 Å². The molecule has 1 amide bonds. The number of nitrogens with zero attached hydrogens (tertiary/aromatic N) is 3. The second kappa shape index (κ2) is 11.5. The third-order valence-corrected chi connectivity index (χ3v) is 8.92. The van der Waals surface area contributed by atoms with E-state index in [2.05, 4.69) is 9.88 Å². The van der Waals surface area contributed by atoms with Crippen molar-refractivity contribution in [3.63, 3.8) is 0 Å². The van der Waals surface area contributed by atoms with Crippen LogP contribution in [-0.4, -0.2) is 62.4 Å². The van der Waals surface area contributed by atoms with E-state index < -0.39 is 9.84 Å². The van der Waals surface area contributed by atoms with Crippen LogP contribution in [0, 0.1) is 0 Å². The van der Waals surface area contributed by atoms with Crippen molar-refractivity contribution in [2.24, 2.45) is 0 Å². The number of sulfone groups is 1. The maximum atomic E-state index is 13.4. The lowest BCUT2D eigenvalue weighted by Crippen LogP contribution is -2.48. The number of fused-ring (bicyclic) bond motifs is 1. The lowest BCUT2D eigenvalue weighted by atomic mass is 10.1. The number of ether oxygens (including phenoxy) is 1. The van der Waals surface area contributed by atoms with Gasteiger partial charge >= 0.3 is 0 Å². The molecule has 0 unspecified atom stereocenters. The summed E-state index contributed by atoms with van der Waals surface area (Å²) in [6.45, 7) is 3.21. The molecule has 2 heterocycles. The van der Waals surface area contributed by atoms with Crippen molar-refractivity contribution in [2.75, 3.05) is 33.3 Å². The fraction of sp³-hybridized carbons (Fsp3) is 0.241. The third-order valence-electron chi connectivity index (χ3n) is 6.77. The van der Waals surface area contributed by atoms with E-state index in [1.807, 2.05) is 24.3 Å². The predicted octanol–water partition coefficient (Wildman–Crippen LogP) is 5.48. The summed E-state index contributed by atoms with van der Waals surface area (Å²) in [7, 11) is -2.21. The molecule has 0 bridgehead atoms. The van der Waals surface area contributed by atoms with E-state index in [-0.39, 0.29) is 16.6 Å². The van der Waals surface area contributed by atoms with Crippen LogP contribution in [0.3, 0.4) is 0 Å². The number of para-hydroxylation sites is 1. The Labute approximate surface area is 237 Å². The van der Waals surface area contributed by atoms with Gasteiger partial charge in [-0.3, -0.25) is 14.7 Å². The number of aromatic nitrogens is 1. The molecule has 10 heteroatoms. The minimum atomic E-state index is -3.69. The molecule has 0 spiro atoms. The summed E-state index contributed by atoms with van der Waals surface area (Å²) < 4.78 is 32.1. The molecule has 0 aliphatic carbocycles. The molecule has 4 aromatic rings. The summed E-state index contributed by atoms with van der Waals surface area (Å²) in [5, 5.41) is 1.96. The molecule has 5 rings (SSSR count). The lowest BCUT2D eigenvalue weighted by molar-refractivity contribution is 0.0625. The number of piperazine rings is 1. The average molecular weight is 585 g/mol. The largest absolute Gasteiger partial charge is 0.496 e. The van der Waals surface area contributed by atoms with Crippen molar-refractivity contribution in [3.8, 4) is 5.75 Å². The van der Waals surface area contributed by atoms with Gasteiger partial charge in [0.05, 0.1) is 28.8 Å². The molecule has 202 valence electrons. The number of methoxy groups -OCH3 is 1. The molecule has 0 N–H and O–H groups in total. The Morgan fingerprint density at radius 3 is 2.36 bits per heavy atom. The molecule has 1 fully saturated rings. The zero-order valence-electron chi connectivity index (χ0n) is 21.3. The first-order valence-corrected chi connectivity index (χ1v) is 14.8. The highest BCUT2D eigenvalue weighted by Crippen LogP contribution is 2.28. The quantitative estimate of drug-likeness (QED) is 0.286. The molecule has 1 aromatic heterocycles. The summed E-state index contributed by atoms with van der Waals surface area (Å²) in [4.78, 5) is 21.9. The molecular formula is C29H27Cl2N3O4S. The number of halogens is 2. The van der Waals surface area contributed by atoms with Crippen LogP contribution in [0.1, 0.15) is 21.5 Å². The number of hydrogen-bond acceptors (Lipinski definition) is 6. The van der Waals surface area contributed by atoms with Crippen molar-refractivity contribution in [2.45, 2.75) is 17.2 Å². The van der Waals surface area contributed by atoms with Gasteiger partial charge in [-0.1, -0.05) is 47.5 Å². The van der Waals surface area contributed by atoms with Gasteiger partial charge in [0.1, 0.15) is 5.75 Å². The Kier molecular flexibility index (Phi) is 8.09. The molecule has 1 aliphatic rings. The Hall–Kier alpha value is -3.17. The number of rotatable bonds is 7. The van der Waals surface area contributed by atoms with Gasteiger partial charge in [0.2, 0.25) is 0 Å². The second-order valence-corrected chi connectivity index (χ2v) is 12.3. The fourth-order valence-electron chi connectivity index (χ4n) is 4.87. The topological polar surface area (TPSA) is 79.8 Å². The molecule has 3 aromatic carbocycles. The maximum absolute atomic E-state index is 13.4. The molecule has 0 atom stereocenters. The molecule has 39 heavy (non-hydrogen) atoms. The van der Waals surface area contributed by atoms with Gasteiger partial charge < -0.3 is 9.64 Å². The van der Waals surface area contributed by atoms with Crippen LogP contribution >= 0.6 is 23.2 Å². The number of carbonyl (C=O) groups excluding carboxylic acids is 1. The SMILES string of the molecule is COc1cc(CS(=O)(=O)c2cccc3cccnc23)ccc1C(=O)N1CCN(Cc2cc(Cl)cc(Cl)c2)CC1. The maximum Gasteiger partial charge on any atom is 0.257 e. The Morgan fingerprint density at radius 2 is 1.64 bits per heavy atom. The van der Waals surface area contributed by atoms with Crippen molar-refractivity contribution >= 4 is 49.8 Å². The average Bonchev–Trinajstić information content (AvgIpc) is 2.92. The smallest absolute Gasteiger partial charge is 0.257 e. The molecule has 0 radical (unpaired) electrons. The van der Waals surface area contributed by atoms with Gasteiger partial charge in [-0.05, 0) is 53.6 Å². The van der Waals surface area contributed by atoms with E-state index in [4.69, 9.17) is 27.9 Å². The Balaban J connectivity index is 1.28. The molecule has 0 saturated carbocycles. The Morgan fingerprint density at radius 1 is 0.923 bits per heavy atom. The summed E-state index contributed by atoms with van der Waals surface area (Å²) >= 11 is 12.3. The third kappa shape index (κ3) is 6.20. The monoisotopic (exact) mass is 583 g/mol. The molecule has 7 nitrogen and oxygen atoms in total. The van der Waals surface area contributed by atoms with Crippen LogP contribution in [0.4, 0.5) is 0 Å². The zero-order chi connectivity index (χ0) is 27.6. The van der Waals surface area contributed by atoms with Gasteiger partial charge in [0.15, 0.2) is 9.84 Å². The van der Waals surface area contributed by atoms with E-state index in [1.165, 1.54) is 7.11 Å². The van der Waals surface area contributed by atoms with Gasteiger partial charge in [-0.25, -0.2) is 8.42 Å². The highest BCUT2D eigenvalue weighted by atomic mass is 35.5. The van der Waals surface area contributed by atoms with Crippen LogP contribution in [0.2, 0.25) is 10.0 Å². The summed E-state index contributed by atoms with van der Waals surface area (Å²) in [5.41, 5.74) is 2.40. The van der Waals surface area contributed by atoms with Gasteiger partial charge in [0, 0.05) is 54.4 Å². The predicted molar refractivity (Wildman–Crippen MR) is 153 cm³/mol. The van der Waals surface area contributed by atoms with Crippen LogP contribution < -0.4 is 4.74 Å². The van der Waals surface area contributed by atoms with Gasteiger partial charge in [0.25, 0.3) is 5.91 Å². The molecular weight excluding hydrogens is 557 g/mol. The van der Waals surface area contributed by atoms with Crippen LogP contribution in [0.25, 0.3) is 10.9 Å². The van der Waals surface area contributed by atoms with E-state index in [1.54, 1.807) is 53.6 Å². The van der Waals surface area contributed by atoms with Crippen molar-refractivity contribution in [3.05, 3.63) is 99.7 Å². The number of hydrogen-bond donors (Lipinski definition) is 0. The minimum Gasteiger partial charge on any atom is -0.496 e. The van der Waals surface area contributed by atoms with Crippen molar-refractivity contribution in [1.82, 2.24) is 14.8 Å². The Bertz CT molecular complexity index is 1610. The number of amides is 1. The second-order valence-electron chi connectivity index (χ2n) is 9.47. The summed E-state index contributed by atoms with van der Waals surface area (Å²) in [6.07, 6.45) is 1.58. The van der Waals surface area contributed by atoms with Gasteiger partial charge in [-0.2, -0.15) is 0 Å². The van der Waals surface area contributed by atoms with Crippen LogP contribution in [-0.2, 0) is 22.1 Å². The highest BCUT2D eigenvalue weighted by Gasteiger charge is 2.26. The van der Waals surface area contributed by atoms with E-state index in [0.29, 0.717) is 65.2 Å². The minimum absolute atomic E-state index is 0.148. The first kappa shape index (κ1) is 27.4. The lowest BCUT2D eigenvalue weighted by Gasteiger charge is -2.35. The molecule has 1 aliphatic heterocycles. The van der Waals surface area contributed by atoms with E-state index in [0.717, 1.165) is 10.9 Å². The molecule has 1 saturated heterocycles. The van der Waals surface area contributed by atoms with Crippen LogP contribution in [0.5, 0.6) is 5.75 Å². The summed E-state index contributed by atoms with van der Waals surface area (Å²) in [5.74, 6) is -0.0376. The van der Waals surface area contributed by atoms with E-state index >= 15 is 0 Å². The van der Waals surface area contributed by atoms with Gasteiger partial charge in [-0.15, -0.1) is 0 Å². The highest BCUT2D eigenvalue weighted by molar-refractivity contribution is 7.90. The first-order chi connectivity index (χ1) is 18.7. The normalized spacial score (nSPS) is 14.5. The summed E-state index contributed by atoms with van der Waals surface area (Å²) in [6, 6.07) is 19.2. The fourth-order valence-corrected chi connectivity index (χ4v) is 6.96. The first-order valence-electron chi connectivity index (χ1n) is 12.4. The number of benzene rings is 3. The van der Waals surface area contributed by atoms with E-state index in [9.17, 15) is 13.2 Å². The standard InChI is InChI=1S/C29H27Cl2N3O4S/c1-38-26-16-20(19-39(36,37)27-6-2-4-22-5-3-9-32-28(22)27)7-8-25(26)29(35)34-12-10-33(11-13-34)18-21-14-23(30)17-24(31)15-21/h2-9,14-17H,10-13,18-19H2,1H3. The number of carbonyl (C=O) groups is 1. The van der Waals surface area contributed by atoms with Crippen molar-refractivity contribution < 1.29 is 17.9 Å². The zero-order valence-corrected chi connectivity index (χ0v) is 23.6. The number of pyridine rings is 1. The van der Waals surface area contributed by atoms with Crippen molar-refractivity contribution in [1.29, 1.82) is 0 Å².